The third-order valence-electron chi connectivity index (χ3n) is 13.9. The molecule has 0 spiro atoms. The van der Waals surface area contributed by atoms with Crippen LogP contribution in [0.1, 0.15) is 297 Å². The summed E-state index contributed by atoms with van der Waals surface area (Å²) in [6.45, 7) is 6.45. The van der Waals surface area contributed by atoms with Crippen molar-refractivity contribution in [3.05, 3.63) is 134 Å². The first-order chi connectivity index (χ1) is 39.5. The summed E-state index contributed by atoms with van der Waals surface area (Å²) in [6, 6.07) is 0. The SMILES string of the molecule is CC/C=C\C/C=C\C/C=C\C/C=C\C/C=C\C/C=C\C/C=C\CCCC(=O)OCC(COC(=O)CCCCCCC/C=C\C/C=C\CCCCCC)OC(=O)CCCCCCCCCCCCC/C=C\C/C=C\CCCCCCC. The fourth-order valence-corrected chi connectivity index (χ4v) is 8.90. The van der Waals surface area contributed by atoms with Crippen LogP contribution in [-0.4, -0.2) is 37.2 Å². The molecule has 6 heteroatoms. The summed E-state index contributed by atoms with van der Waals surface area (Å²) in [5.74, 6) is -0.979. The molecule has 0 saturated carbocycles. The molecule has 0 aromatic carbocycles. The van der Waals surface area contributed by atoms with Gasteiger partial charge in [0, 0.05) is 19.3 Å². The minimum absolute atomic E-state index is 0.107. The second-order valence-corrected chi connectivity index (χ2v) is 21.6. The zero-order chi connectivity index (χ0) is 57.8. The Hall–Kier alpha value is -4.45. The van der Waals surface area contributed by atoms with Crippen molar-refractivity contribution in [2.45, 2.75) is 303 Å². The standard InChI is InChI=1S/C74H122O6/c1-4-7-10-13-16-19-22-25-28-31-33-35-37-39-41-43-46-49-52-55-58-61-64-67-73(76)79-70-71(69-78-72(75)66-63-60-57-54-51-48-45-30-27-24-21-18-15-12-9-6-3)80-74(77)68-65-62-59-56-53-50-47-44-42-40-38-36-34-32-29-26-23-20-17-14-11-8-5-2/h7,10,16,19,21,23-26,28,30,32-35,39,41,45-46,49,55,58,71H,4-6,8-9,11-15,17-18,20,22,27,29,31,36-38,40,42-44,47-48,50-54,56-57,59-70H2,1-3H3/b10-7-,19-16-,24-21-,26-23-,28-25-,34-32-,35-33-,41-39-,45-30-,49-46-,58-55-. The third kappa shape index (κ3) is 64.4. The molecule has 0 amide bonds. The number of carbonyl (C=O) groups excluding carboxylic acids is 3. The maximum atomic E-state index is 12.9. The van der Waals surface area contributed by atoms with E-state index in [2.05, 4.69) is 154 Å². The van der Waals surface area contributed by atoms with Crippen LogP contribution in [-0.2, 0) is 28.6 Å². The highest BCUT2D eigenvalue weighted by Gasteiger charge is 2.19. The van der Waals surface area contributed by atoms with Gasteiger partial charge in [0.1, 0.15) is 13.2 Å². The van der Waals surface area contributed by atoms with Gasteiger partial charge >= 0.3 is 17.9 Å². The van der Waals surface area contributed by atoms with Gasteiger partial charge in [-0.3, -0.25) is 14.4 Å². The van der Waals surface area contributed by atoms with Crippen LogP contribution < -0.4 is 0 Å². The van der Waals surface area contributed by atoms with Gasteiger partial charge in [-0.15, -0.1) is 0 Å². The molecule has 1 unspecified atom stereocenters. The number of esters is 3. The highest BCUT2D eigenvalue weighted by Crippen LogP contribution is 2.15. The lowest BCUT2D eigenvalue weighted by Gasteiger charge is -2.18. The van der Waals surface area contributed by atoms with Crippen LogP contribution in [0.25, 0.3) is 0 Å². The minimum atomic E-state index is -0.815. The molecular weight excluding hydrogens is 985 g/mol. The molecule has 0 N–H and O–H groups in total. The van der Waals surface area contributed by atoms with E-state index < -0.39 is 6.10 Å². The van der Waals surface area contributed by atoms with E-state index in [0.29, 0.717) is 19.3 Å². The molecule has 80 heavy (non-hydrogen) atoms. The summed E-state index contributed by atoms with van der Waals surface area (Å²) in [5, 5.41) is 0. The van der Waals surface area contributed by atoms with Crippen molar-refractivity contribution in [3.63, 3.8) is 0 Å². The Balaban J connectivity index is 4.50. The molecule has 0 fully saturated rings. The molecule has 0 radical (unpaired) electrons. The van der Waals surface area contributed by atoms with Crippen molar-refractivity contribution in [1.82, 2.24) is 0 Å². The Morgan fingerprint density at radius 1 is 0.263 bits per heavy atom. The average Bonchev–Trinajstić information content (AvgIpc) is 3.46. The molecule has 0 aromatic heterocycles. The quantitative estimate of drug-likeness (QED) is 0.0261. The predicted molar refractivity (Wildman–Crippen MR) is 348 cm³/mol. The van der Waals surface area contributed by atoms with Crippen LogP contribution in [0.4, 0.5) is 0 Å². The van der Waals surface area contributed by atoms with Gasteiger partial charge in [-0.25, -0.2) is 0 Å². The molecule has 0 aliphatic rings. The van der Waals surface area contributed by atoms with E-state index >= 15 is 0 Å². The number of rotatable bonds is 59. The number of allylic oxidation sites excluding steroid dienone is 22. The Morgan fingerprint density at radius 3 is 0.825 bits per heavy atom. The monoisotopic (exact) mass is 1110 g/mol. The van der Waals surface area contributed by atoms with Crippen LogP contribution in [0.3, 0.4) is 0 Å². The number of hydrogen-bond donors (Lipinski definition) is 0. The van der Waals surface area contributed by atoms with E-state index in [-0.39, 0.29) is 37.5 Å². The van der Waals surface area contributed by atoms with Crippen LogP contribution in [0.5, 0.6) is 0 Å². The Labute approximate surface area is 494 Å². The van der Waals surface area contributed by atoms with E-state index in [1.807, 2.05) is 0 Å². The average molecular weight is 1110 g/mol. The largest absolute Gasteiger partial charge is 0.462 e. The lowest BCUT2D eigenvalue weighted by atomic mass is 10.0. The first-order valence-electron chi connectivity index (χ1n) is 33.2. The summed E-state index contributed by atoms with van der Waals surface area (Å²) in [5.41, 5.74) is 0. The lowest BCUT2D eigenvalue weighted by Crippen LogP contribution is -2.30. The third-order valence-corrected chi connectivity index (χ3v) is 13.9. The van der Waals surface area contributed by atoms with Crippen LogP contribution in [0.15, 0.2) is 134 Å². The Bertz CT molecular complexity index is 1700. The first kappa shape index (κ1) is 75.5. The lowest BCUT2D eigenvalue weighted by molar-refractivity contribution is -0.167. The zero-order valence-electron chi connectivity index (χ0n) is 52.0. The Morgan fingerprint density at radius 2 is 0.500 bits per heavy atom. The topological polar surface area (TPSA) is 78.9 Å². The van der Waals surface area contributed by atoms with E-state index in [1.165, 1.54) is 128 Å². The smallest absolute Gasteiger partial charge is 0.306 e. The van der Waals surface area contributed by atoms with Crippen molar-refractivity contribution in [1.29, 1.82) is 0 Å². The molecule has 454 valence electrons. The van der Waals surface area contributed by atoms with Crippen molar-refractivity contribution >= 4 is 17.9 Å². The minimum Gasteiger partial charge on any atom is -0.462 e. The fraction of sp³-hybridized carbons (Fsp3) is 0.662. The molecule has 0 aromatic rings. The van der Waals surface area contributed by atoms with Gasteiger partial charge in [-0.1, -0.05) is 276 Å². The first-order valence-corrected chi connectivity index (χ1v) is 33.2. The van der Waals surface area contributed by atoms with Gasteiger partial charge in [-0.05, 0) is 135 Å². The van der Waals surface area contributed by atoms with E-state index in [9.17, 15) is 14.4 Å². The fourth-order valence-electron chi connectivity index (χ4n) is 8.90. The summed E-state index contributed by atoms with van der Waals surface area (Å²) < 4.78 is 16.9. The maximum absolute atomic E-state index is 12.9. The van der Waals surface area contributed by atoms with Gasteiger partial charge in [0.15, 0.2) is 6.10 Å². The molecular formula is C74H122O6. The summed E-state index contributed by atoms with van der Waals surface area (Å²) >= 11 is 0. The highest BCUT2D eigenvalue weighted by atomic mass is 16.6. The number of ether oxygens (including phenoxy) is 3. The maximum Gasteiger partial charge on any atom is 0.306 e. The van der Waals surface area contributed by atoms with Crippen molar-refractivity contribution in [3.8, 4) is 0 Å². The van der Waals surface area contributed by atoms with Crippen molar-refractivity contribution < 1.29 is 28.6 Å². The normalized spacial score (nSPS) is 13.0. The van der Waals surface area contributed by atoms with Gasteiger partial charge in [0.25, 0.3) is 0 Å². The van der Waals surface area contributed by atoms with Gasteiger partial charge in [-0.2, -0.15) is 0 Å². The highest BCUT2D eigenvalue weighted by molar-refractivity contribution is 5.71. The van der Waals surface area contributed by atoms with Gasteiger partial charge in [0.2, 0.25) is 0 Å². The number of carbonyl (C=O) groups is 3. The Kier molecular flexibility index (Phi) is 63.3. The zero-order valence-corrected chi connectivity index (χ0v) is 52.0. The van der Waals surface area contributed by atoms with Crippen LogP contribution in [0.2, 0.25) is 0 Å². The van der Waals surface area contributed by atoms with E-state index in [0.717, 1.165) is 122 Å². The number of unbranched alkanes of at least 4 members (excludes halogenated alkanes) is 26. The summed E-state index contributed by atoms with van der Waals surface area (Å²) in [6.07, 6.45) is 94.6. The molecule has 0 aliphatic carbocycles. The molecule has 0 heterocycles. The van der Waals surface area contributed by atoms with Gasteiger partial charge < -0.3 is 14.2 Å². The molecule has 6 nitrogen and oxygen atoms in total. The van der Waals surface area contributed by atoms with Crippen LogP contribution in [0, 0.1) is 0 Å². The van der Waals surface area contributed by atoms with Crippen LogP contribution >= 0.6 is 0 Å². The number of hydrogen-bond acceptors (Lipinski definition) is 6. The summed E-state index contributed by atoms with van der Waals surface area (Å²) in [4.78, 5) is 38.4. The summed E-state index contributed by atoms with van der Waals surface area (Å²) in [7, 11) is 0. The van der Waals surface area contributed by atoms with E-state index in [4.69, 9.17) is 14.2 Å². The second-order valence-electron chi connectivity index (χ2n) is 21.6. The second kappa shape index (κ2) is 67.1. The molecule has 0 saturated heterocycles. The van der Waals surface area contributed by atoms with Gasteiger partial charge in [0.05, 0.1) is 0 Å². The van der Waals surface area contributed by atoms with E-state index in [1.54, 1.807) is 0 Å². The molecule has 0 aliphatic heterocycles. The van der Waals surface area contributed by atoms with Crippen molar-refractivity contribution in [2.75, 3.05) is 13.2 Å². The van der Waals surface area contributed by atoms with Crippen molar-refractivity contribution in [2.24, 2.45) is 0 Å². The molecule has 0 bridgehead atoms. The predicted octanol–water partition coefficient (Wildman–Crippen LogP) is 22.9. The molecule has 1 atom stereocenters. The molecule has 0 rings (SSSR count).